The maximum atomic E-state index is 12.4. The number of guanidine groups is 1. The zero-order valence-electron chi connectivity index (χ0n) is 14.8. The molecule has 0 aliphatic heterocycles. The predicted octanol–water partition coefficient (Wildman–Crippen LogP) is 0.416. The Labute approximate surface area is 159 Å². The van der Waals surface area contributed by atoms with E-state index in [1.165, 1.54) is 14.2 Å². The maximum absolute atomic E-state index is 12.4. The lowest BCUT2D eigenvalue weighted by atomic mass is 10.2. The van der Waals surface area contributed by atoms with E-state index in [-0.39, 0.29) is 36.6 Å². The van der Waals surface area contributed by atoms with Gasteiger partial charge in [-0.25, -0.2) is 4.98 Å². The molecule has 2 aromatic rings. The number of thiazole rings is 1. The van der Waals surface area contributed by atoms with Crippen molar-refractivity contribution in [3.8, 4) is 11.5 Å². The molecule has 0 radical (unpaired) electrons. The van der Waals surface area contributed by atoms with Gasteiger partial charge in [-0.1, -0.05) is 0 Å². The van der Waals surface area contributed by atoms with Crippen molar-refractivity contribution in [3.05, 3.63) is 34.8 Å². The van der Waals surface area contributed by atoms with Gasteiger partial charge in [-0.15, -0.1) is 11.3 Å². The Morgan fingerprint density at radius 3 is 2.59 bits per heavy atom. The third kappa shape index (κ3) is 5.57. The molecule has 0 saturated heterocycles. The number of nitrogens with one attached hydrogen (secondary N) is 2. The molecule has 11 heteroatoms. The monoisotopic (exact) mass is 392 g/mol. The number of anilines is 1. The SMILES string of the molecule is COc1ccc(C(=O)Nc2nc(C(=O)NCCN=C(N)N)cs2)cc1OC. The lowest BCUT2D eigenvalue weighted by Gasteiger charge is -2.09. The van der Waals surface area contributed by atoms with Crippen molar-refractivity contribution in [3.63, 3.8) is 0 Å². The molecule has 10 nitrogen and oxygen atoms in total. The number of rotatable bonds is 8. The first-order chi connectivity index (χ1) is 12.9. The summed E-state index contributed by atoms with van der Waals surface area (Å²) in [5.74, 6) is 0.139. The maximum Gasteiger partial charge on any atom is 0.270 e. The smallest absolute Gasteiger partial charge is 0.270 e. The number of hydrogen-bond donors (Lipinski definition) is 4. The predicted molar refractivity (Wildman–Crippen MR) is 103 cm³/mol. The second-order valence-electron chi connectivity index (χ2n) is 5.12. The number of nitrogens with two attached hydrogens (primary N) is 2. The van der Waals surface area contributed by atoms with Gasteiger partial charge in [0, 0.05) is 17.5 Å². The lowest BCUT2D eigenvalue weighted by Crippen LogP contribution is -2.29. The minimum Gasteiger partial charge on any atom is -0.493 e. The van der Waals surface area contributed by atoms with Crippen molar-refractivity contribution in [2.75, 3.05) is 32.6 Å². The molecule has 0 unspecified atom stereocenters. The van der Waals surface area contributed by atoms with Crippen LogP contribution in [0.4, 0.5) is 5.13 Å². The van der Waals surface area contributed by atoms with Crippen LogP contribution in [0.1, 0.15) is 20.8 Å². The summed E-state index contributed by atoms with van der Waals surface area (Å²) in [4.78, 5) is 32.2. The number of methoxy groups -OCH3 is 2. The number of hydrogen-bond acceptors (Lipinski definition) is 7. The van der Waals surface area contributed by atoms with Crippen LogP contribution in [0.3, 0.4) is 0 Å². The zero-order chi connectivity index (χ0) is 19.8. The minimum atomic E-state index is -0.386. The molecule has 27 heavy (non-hydrogen) atoms. The Balaban J connectivity index is 1.97. The van der Waals surface area contributed by atoms with E-state index in [1.807, 2.05) is 0 Å². The summed E-state index contributed by atoms with van der Waals surface area (Å²) in [5.41, 5.74) is 11.0. The van der Waals surface area contributed by atoms with Crippen LogP contribution in [0.15, 0.2) is 28.6 Å². The number of benzene rings is 1. The van der Waals surface area contributed by atoms with Gasteiger partial charge in [0.15, 0.2) is 22.6 Å². The van der Waals surface area contributed by atoms with Gasteiger partial charge in [-0.2, -0.15) is 0 Å². The van der Waals surface area contributed by atoms with E-state index in [9.17, 15) is 9.59 Å². The fourth-order valence-electron chi connectivity index (χ4n) is 2.03. The van der Waals surface area contributed by atoms with Crippen LogP contribution in [0.2, 0.25) is 0 Å². The molecule has 6 N–H and O–H groups in total. The molecule has 0 saturated carbocycles. The van der Waals surface area contributed by atoms with Crippen molar-refractivity contribution < 1.29 is 19.1 Å². The molecule has 1 aromatic carbocycles. The zero-order valence-corrected chi connectivity index (χ0v) is 15.6. The van der Waals surface area contributed by atoms with Gasteiger partial charge in [0.05, 0.1) is 20.8 Å². The van der Waals surface area contributed by atoms with Gasteiger partial charge in [0.1, 0.15) is 5.69 Å². The molecule has 1 heterocycles. The fourth-order valence-corrected chi connectivity index (χ4v) is 2.71. The summed E-state index contributed by atoms with van der Waals surface area (Å²) in [7, 11) is 3.00. The molecule has 0 atom stereocenters. The summed E-state index contributed by atoms with van der Waals surface area (Å²) in [6, 6.07) is 4.78. The number of aromatic nitrogens is 1. The first kappa shape index (κ1) is 20.0. The number of carbonyl (C=O) groups excluding carboxylic acids is 2. The largest absolute Gasteiger partial charge is 0.493 e. The van der Waals surface area contributed by atoms with Gasteiger partial charge in [-0.05, 0) is 18.2 Å². The summed E-state index contributed by atoms with van der Waals surface area (Å²) < 4.78 is 10.3. The third-order valence-electron chi connectivity index (χ3n) is 3.29. The average molecular weight is 392 g/mol. The van der Waals surface area contributed by atoms with Crippen molar-refractivity contribution in [1.29, 1.82) is 0 Å². The highest BCUT2D eigenvalue weighted by Gasteiger charge is 2.15. The van der Waals surface area contributed by atoms with Crippen molar-refractivity contribution >= 4 is 34.2 Å². The number of aliphatic imine (C=N–C) groups is 1. The normalized spacial score (nSPS) is 10.0. The van der Waals surface area contributed by atoms with Crippen molar-refractivity contribution in [2.45, 2.75) is 0 Å². The van der Waals surface area contributed by atoms with E-state index in [1.54, 1.807) is 23.6 Å². The Morgan fingerprint density at radius 2 is 1.93 bits per heavy atom. The standard InChI is InChI=1S/C16H20N6O4S/c1-25-11-4-3-9(7-12(11)26-2)13(23)22-16-21-10(8-27-16)14(24)19-5-6-20-15(17)18/h3-4,7-8H,5-6H2,1-2H3,(H,19,24)(H4,17,18,20)(H,21,22,23). The Hall–Kier alpha value is -3.34. The van der Waals surface area contributed by atoms with Crippen LogP contribution in [0.5, 0.6) is 11.5 Å². The van der Waals surface area contributed by atoms with Gasteiger partial charge in [0.2, 0.25) is 0 Å². The number of carbonyl (C=O) groups is 2. The molecule has 0 aliphatic carbocycles. The Morgan fingerprint density at radius 1 is 1.19 bits per heavy atom. The van der Waals surface area contributed by atoms with Crippen LogP contribution in [-0.4, -0.2) is 50.1 Å². The Bertz CT molecular complexity index is 847. The number of nitrogens with zero attached hydrogens (tertiary/aromatic N) is 2. The van der Waals surface area contributed by atoms with Crippen molar-refractivity contribution in [2.24, 2.45) is 16.5 Å². The molecule has 2 rings (SSSR count). The summed E-state index contributed by atoms with van der Waals surface area (Å²) in [6.45, 7) is 0.530. The van der Waals surface area contributed by atoms with Gasteiger partial charge >= 0.3 is 0 Å². The highest BCUT2D eigenvalue weighted by atomic mass is 32.1. The molecule has 0 spiro atoms. The molecule has 0 bridgehead atoms. The fraction of sp³-hybridized carbons (Fsp3) is 0.250. The van der Waals surface area contributed by atoms with Gasteiger partial charge in [-0.3, -0.25) is 19.9 Å². The molecular weight excluding hydrogens is 372 g/mol. The minimum absolute atomic E-state index is 0.0435. The van der Waals surface area contributed by atoms with E-state index in [0.717, 1.165) is 11.3 Å². The van der Waals surface area contributed by atoms with Gasteiger partial charge < -0.3 is 26.3 Å². The van der Waals surface area contributed by atoms with Crippen LogP contribution in [-0.2, 0) is 0 Å². The second kappa shape index (κ2) is 9.38. The highest BCUT2D eigenvalue weighted by molar-refractivity contribution is 7.14. The van der Waals surface area contributed by atoms with E-state index < -0.39 is 0 Å². The molecule has 1 aromatic heterocycles. The van der Waals surface area contributed by atoms with E-state index in [2.05, 4.69) is 20.6 Å². The topological polar surface area (TPSA) is 154 Å². The van der Waals surface area contributed by atoms with E-state index in [4.69, 9.17) is 20.9 Å². The van der Waals surface area contributed by atoms with Crippen LogP contribution in [0, 0.1) is 0 Å². The molecule has 0 fully saturated rings. The van der Waals surface area contributed by atoms with Gasteiger partial charge in [0.25, 0.3) is 11.8 Å². The molecule has 0 aliphatic rings. The molecular formula is C16H20N6O4S. The van der Waals surface area contributed by atoms with Crippen LogP contribution in [0.25, 0.3) is 0 Å². The summed E-state index contributed by atoms with van der Waals surface area (Å²) in [6.07, 6.45) is 0. The van der Waals surface area contributed by atoms with E-state index in [0.29, 0.717) is 22.2 Å². The Kier molecular flexibility index (Phi) is 6.94. The number of ether oxygens (including phenoxy) is 2. The molecule has 144 valence electrons. The lowest BCUT2D eigenvalue weighted by molar-refractivity contribution is 0.0949. The average Bonchev–Trinajstić information content (AvgIpc) is 3.12. The number of amides is 2. The summed E-state index contributed by atoms with van der Waals surface area (Å²) in [5, 5.41) is 7.10. The summed E-state index contributed by atoms with van der Waals surface area (Å²) >= 11 is 1.14. The highest BCUT2D eigenvalue weighted by Crippen LogP contribution is 2.28. The van der Waals surface area contributed by atoms with E-state index >= 15 is 0 Å². The first-order valence-corrected chi connectivity index (χ1v) is 8.65. The second-order valence-corrected chi connectivity index (χ2v) is 5.98. The van der Waals surface area contributed by atoms with Crippen molar-refractivity contribution in [1.82, 2.24) is 10.3 Å². The van der Waals surface area contributed by atoms with Crippen LogP contribution >= 0.6 is 11.3 Å². The quantitative estimate of drug-likeness (QED) is 0.288. The molecule has 2 amide bonds. The van der Waals surface area contributed by atoms with Crippen LogP contribution < -0.4 is 31.6 Å². The first-order valence-electron chi connectivity index (χ1n) is 7.77. The third-order valence-corrected chi connectivity index (χ3v) is 4.05.